The number of carbonyl (C=O) groups excluding carboxylic acids is 1. The van der Waals surface area contributed by atoms with Gasteiger partial charge in [0.1, 0.15) is 0 Å². The lowest BCUT2D eigenvalue weighted by Gasteiger charge is -2.18. The van der Waals surface area contributed by atoms with Crippen molar-refractivity contribution in [3.8, 4) is 5.75 Å². The molecule has 0 saturated carbocycles. The topological polar surface area (TPSA) is 107 Å². The zero-order chi connectivity index (χ0) is 15.1. The molecule has 0 radical (unpaired) electrons. The SMILES string of the molecule is CC(C)NC(CCOc1ccccc1[N+](=O)[O-])C(N)=O. The molecule has 110 valence electrons. The highest BCUT2D eigenvalue weighted by molar-refractivity contribution is 5.79. The molecule has 1 atom stereocenters. The van der Waals surface area contributed by atoms with Gasteiger partial charge in [0, 0.05) is 18.5 Å². The maximum atomic E-state index is 11.2. The minimum Gasteiger partial charge on any atom is -0.487 e. The smallest absolute Gasteiger partial charge is 0.310 e. The standard InChI is InChI=1S/C13H19N3O4/c1-9(2)15-10(13(14)17)7-8-20-12-6-4-3-5-11(12)16(18)19/h3-6,9-10,15H,7-8H2,1-2H3,(H2,14,17). The lowest BCUT2D eigenvalue weighted by molar-refractivity contribution is -0.385. The van der Waals surface area contributed by atoms with Crippen LogP contribution < -0.4 is 15.8 Å². The number of rotatable bonds is 8. The molecule has 0 aliphatic carbocycles. The van der Waals surface area contributed by atoms with E-state index in [1.54, 1.807) is 12.1 Å². The first-order chi connectivity index (χ1) is 9.41. The van der Waals surface area contributed by atoms with Crippen molar-refractivity contribution >= 4 is 11.6 Å². The molecular formula is C13H19N3O4. The fraction of sp³-hybridized carbons (Fsp3) is 0.462. The number of nitrogens with zero attached hydrogens (tertiary/aromatic N) is 1. The number of primary amides is 1. The van der Waals surface area contributed by atoms with Gasteiger partial charge in [0.05, 0.1) is 17.6 Å². The summed E-state index contributed by atoms with van der Waals surface area (Å²) in [6.07, 6.45) is 0.347. The zero-order valence-corrected chi connectivity index (χ0v) is 11.5. The van der Waals surface area contributed by atoms with Crippen LogP contribution >= 0.6 is 0 Å². The van der Waals surface area contributed by atoms with Crippen molar-refractivity contribution in [3.63, 3.8) is 0 Å². The van der Waals surface area contributed by atoms with Crippen molar-refractivity contribution < 1.29 is 14.5 Å². The normalized spacial score (nSPS) is 12.2. The highest BCUT2D eigenvalue weighted by Gasteiger charge is 2.18. The molecule has 3 N–H and O–H groups in total. The summed E-state index contributed by atoms with van der Waals surface area (Å²) in [5.41, 5.74) is 5.18. The first kappa shape index (κ1) is 15.9. The van der Waals surface area contributed by atoms with Crippen LogP contribution in [0.5, 0.6) is 5.75 Å². The summed E-state index contributed by atoms with van der Waals surface area (Å²) >= 11 is 0. The molecule has 0 bridgehead atoms. The summed E-state index contributed by atoms with van der Waals surface area (Å²) in [6.45, 7) is 3.97. The van der Waals surface area contributed by atoms with Crippen LogP contribution in [0.15, 0.2) is 24.3 Å². The van der Waals surface area contributed by atoms with E-state index in [2.05, 4.69) is 5.32 Å². The van der Waals surface area contributed by atoms with Crippen molar-refractivity contribution in [3.05, 3.63) is 34.4 Å². The summed E-state index contributed by atoms with van der Waals surface area (Å²) in [6, 6.07) is 5.70. The van der Waals surface area contributed by atoms with E-state index in [0.717, 1.165) is 0 Å². The van der Waals surface area contributed by atoms with Gasteiger partial charge in [-0.1, -0.05) is 26.0 Å². The molecule has 0 aliphatic rings. The van der Waals surface area contributed by atoms with Crippen LogP contribution in [0.1, 0.15) is 20.3 Å². The molecule has 0 fully saturated rings. The van der Waals surface area contributed by atoms with E-state index in [1.807, 2.05) is 13.8 Å². The number of nitrogens with one attached hydrogen (secondary N) is 1. The molecule has 1 unspecified atom stereocenters. The Bertz CT molecular complexity index is 476. The van der Waals surface area contributed by atoms with E-state index in [9.17, 15) is 14.9 Å². The number of nitrogens with two attached hydrogens (primary N) is 1. The molecule has 0 heterocycles. The molecule has 0 spiro atoms. The molecule has 1 aromatic rings. The molecule has 7 nitrogen and oxygen atoms in total. The molecular weight excluding hydrogens is 262 g/mol. The largest absolute Gasteiger partial charge is 0.487 e. The monoisotopic (exact) mass is 281 g/mol. The molecule has 1 amide bonds. The van der Waals surface area contributed by atoms with Crippen LogP contribution in [0.25, 0.3) is 0 Å². The number of ether oxygens (including phenoxy) is 1. The highest BCUT2D eigenvalue weighted by Crippen LogP contribution is 2.25. The number of benzene rings is 1. The third-order valence-electron chi connectivity index (χ3n) is 2.60. The Morgan fingerprint density at radius 1 is 1.45 bits per heavy atom. The number of carbonyl (C=O) groups is 1. The Balaban J connectivity index is 2.59. The maximum absolute atomic E-state index is 11.2. The Hall–Kier alpha value is -2.15. The van der Waals surface area contributed by atoms with Gasteiger partial charge in [-0.15, -0.1) is 0 Å². The Kier molecular flexibility index (Phi) is 5.92. The van der Waals surface area contributed by atoms with Gasteiger partial charge in [0.25, 0.3) is 0 Å². The molecule has 0 aliphatic heterocycles. The second-order valence-corrected chi connectivity index (χ2v) is 4.64. The first-order valence-corrected chi connectivity index (χ1v) is 6.33. The van der Waals surface area contributed by atoms with Crippen molar-refractivity contribution in [2.45, 2.75) is 32.4 Å². The average Bonchev–Trinajstić information content (AvgIpc) is 2.37. The van der Waals surface area contributed by atoms with Crippen LogP contribution in [0.4, 0.5) is 5.69 Å². The van der Waals surface area contributed by atoms with Crippen LogP contribution in [0, 0.1) is 10.1 Å². The van der Waals surface area contributed by atoms with Crippen molar-refractivity contribution in [2.75, 3.05) is 6.61 Å². The highest BCUT2D eigenvalue weighted by atomic mass is 16.6. The second-order valence-electron chi connectivity index (χ2n) is 4.64. The third kappa shape index (κ3) is 4.85. The predicted octanol–water partition coefficient (Wildman–Crippen LogP) is 1.22. The van der Waals surface area contributed by atoms with Gasteiger partial charge >= 0.3 is 5.69 Å². The van der Waals surface area contributed by atoms with Gasteiger partial charge in [0.15, 0.2) is 5.75 Å². The molecule has 1 aromatic carbocycles. The van der Waals surface area contributed by atoms with Gasteiger partial charge in [-0.2, -0.15) is 0 Å². The van der Waals surface area contributed by atoms with Gasteiger partial charge in [-0.05, 0) is 6.07 Å². The predicted molar refractivity (Wildman–Crippen MR) is 74.5 cm³/mol. The third-order valence-corrected chi connectivity index (χ3v) is 2.60. The number of hydrogen-bond acceptors (Lipinski definition) is 5. The summed E-state index contributed by atoms with van der Waals surface area (Å²) in [7, 11) is 0. The van der Waals surface area contributed by atoms with Gasteiger partial charge in [-0.3, -0.25) is 14.9 Å². The number of para-hydroxylation sites is 2. The van der Waals surface area contributed by atoms with Crippen molar-refractivity contribution in [2.24, 2.45) is 5.73 Å². The van der Waals surface area contributed by atoms with Crippen LogP contribution in [0.3, 0.4) is 0 Å². The quantitative estimate of drug-likeness (QED) is 0.550. The van der Waals surface area contributed by atoms with Crippen LogP contribution in [-0.2, 0) is 4.79 Å². The van der Waals surface area contributed by atoms with E-state index in [4.69, 9.17) is 10.5 Å². The second kappa shape index (κ2) is 7.44. The number of amides is 1. The van der Waals surface area contributed by atoms with Gasteiger partial charge in [0.2, 0.25) is 5.91 Å². The lowest BCUT2D eigenvalue weighted by atomic mass is 10.2. The average molecular weight is 281 g/mol. The minimum atomic E-state index is -0.516. The minimum absolute atomic E-state index is 0.0973. The number of hydrogen-bond donors (Lipinski definition) is 2. The Labute approximate surface area is 117 Å². The van der Waals surface area contributed by atoms with Crippen LogP contribution in [0.2, 0.25) is 0 Å². The summed E-state index contributed by atoms with van der Waals surface area (Å²) < 4.78 is 5.37. The fourth-order valence-electron chi connectivity index (χ4n) is 1.73. The van der Waals surface area contributed by atoms with Gasteiger partial charge in [-0.25, -0.2) is 0 Å². The maximum Gasteiger partial charge on any atom is 0.310 e. The van der Waals surface area contributed by atoms with E-state index >= 15 is 0 Å². The summed E-state index contributed by atoms with van der Waals surface area (Å²) in [5.74, 6) is -0.282. The summed E-state index contributed by atoms with van der Waals surface area (Å²) in [5, 5.41) is 13.8. The number of nitro groups is 1. The fourth-order valence-corrected chi connectivity index (χ4v) is 1.73. The Morgan fingerprint density at radius 2 is 2.10 bits per heavy atom. The summed E-state index contributed by atoms with van der Waals surface area (Å²) in [4.78, 5) is 21.6. The van der Waals surface area contributed by atoms with Crippen LogP contribution in [-0.4, -0.2) is 29.5 Å². The van der Waals surface area contributed by atoms with Gasteiger partial charge < -0.3 is 15.8 Å². The molecule has 1 rings (SSSR count). The molecule has 7 heteroatoms. The van der Waals surface area contributed by atoms with E-state index in [1.165, 1.54) is 12.1 Å². The zero-order valence-electron chi connectivity index (χ0n) is 11.5. The van der Waals surface area contributed by atoms with E-state index in [-0.39, 0.29) is 24.1 Å². The molecule has 20 heavy (non-hydrogen) atoms. The first-order valence-electron chi connectivity index (χ1n) is 6.33. The lowest BCUT2D eigenvalue weighted by Crippen LogP contribution is -2.45. The molecule has 0 saturated heterocycles. The van der Waals surface area contributed by atoms with Crippen molar-refractivity contribution in [1.29, 1.82) is 0 Å². The molecule has 0 aromatic heterocycles. The van der Waals surface area contributed by atoms with Crippen molar-refractivity contribution in [1.82, 2.24) is 5.32 Å². The Morgan fingerprint density at radius 3 is 2.65 bits per heavy atom. The number of nitro benzene ring substituents is 1. The van der Waals surface area contributed by atoms with E-state index in [0.29, 0.717) is 6.42 Å². The van der Waals surface area contributed by atoms with E-state index < -0.39 is 16.9 Å².